The highest BCUT2D eigenvalue weighted by Gasteiger charge is 2.30. The first-order chi connectivity index (χ1) is 10.1. The number of nitrogens with one attached hydrogen (secondary N) is 2. The molecule has 2 rings (SSSR count). The number of carbonyl (C=O) groups excluding carboxylic acids is 1. The van der Waals surface area contributed by atoms with Gasteiger partial charge in [0.2, 0.25) is 5.91 Å². The second-order valence-corrected chi connectivity index (χ2v) is 5.73. The largest absolute Gasteiger partial charge is 0.380 e. The summed E-state index contributed by atoms with van der Waals surface area (Å²) in [6, 6.07) is 3.78. The molecule has 0 fully saturated rings. The minimum Gasteiger partial charge on any atom is -0.380 e. The van der Waals surface area contributed by atoms with Crippen molar-refractivity contribution in [3.63, 3.8) is 0 Å². The van der Waals surface area contributed by atoms with Gasteiger partial charge in [0, 0.05) is 35.4 Å². The maximum Gasteiger partial charge on any atom is 0.246 e. The van der Waals surface area contributed by atoms with Crippen molar-refractivity contribution < 1.29 is 9.53 Å². The number of anilines is 2. The molecule has 0 aromatic heterocycles. The van der Waals surface area contributed by atoms with E-state index in [4.69, 9.17) is 4.74 Å². The molecule has 0 saturated heterocycles. The number of rotatable bonds is 7. The second kappa shape index (κ2) is 7.24. The van der Waals surface area contributed by atoms with Crippen LogP contribution in [0, 0.1) is 0 Å². The van der Waals surface area contributed by atoms with Gasteiger partial charge in [0.15, 0.2) is 0 Å². The third-order valence-electron chi connectivity index (χ3n) is 3.67. The predicted molar refractivity (Wildman–Crippen MR) is 89.0 cm³/mol. The molecule has 5 nitrogen and oxygen atoms in total. The smallest absolute Gasteiger partial charge is 0.246 e. The standard InChI is InChI=1S/C15H22BrN3O2/c1-4-19(6-7-21-5-2)13-9-12-10(8-11(13)16)14(17-3)15(20)18-12/h8-9,14,17H,4-7H2,1-3H3,(H,18,20). The molecule has 1 unspecified atom stereocenters. The average molecular weight is 356 g/mol. The van der Waals surface area contributed by atoms with Crippen molar-refractivity contribution in [1.29, 1.82) is 0 Å². The predicted octanol–water partition coefficient (Wildman–Crippen LogP) is 2.52. The summed E-state index contributed by atoms with van der Waals surface area (Å²) < 4.78 is 6.43. The molecule has 6 heteroatoms. The molecule has 1 aliphatic heterocycles. The summed E-state index contributed by atoms with van der Waals surface area (Å²) in [7, 11) is 1.79. The molecule has 1 aromatic rings. The van der Waals surface area contributed by atoms with Gasteiger partial charge in [-0.05, 0) is 49.0 Å². The van der Waals surface area contributed by atoms with Crippen molar-refractivity contribution in [3.05, 3.63) is 22.2 Å². The van der Waals surface area contributed by atoms with E-state index in [1.54, 1.807) is 7.05 Å². The highest BCUT2D eigenvalue weighted by molar-refractivity contribution is 9.10. The number of nitrogens with zero attached hydrogens (tertiary/aromatic N) is 1. The number of fused-ring (bicyclic) bond motifs is 1. The fourth-order valence-electron chi connectivity index (χ4n) is 2.57. The van der Waals surface area contributed by atoms with Crippen molar-refractivity contribution in [1.82, 2.24) is 5.32 Å². The van der Waals surface area contributed by atoms with Gasteiger partial charge < -0.3 is 20.3 Å². The van der Waals surface area contributed by atoms with E-state index in [0.717, 1.165) is 41.1 Å². The van der Waals surface area contributed by atoms with Crippen LogP contribution in [0.1, 0.15) is 25.5 Å². The number of benzene rings is 1. The molecule has 0 saturated carbocycles. The van der Waals surface area contributed by atoms with Gasteiger partial charge in [-0.2, -0.15) is 0 Å². The van der Waals surface area contributed by atoms with Crippen molar-refractivity contribution >= 4 is 33.2 Å². The van der Waals surface area contributed by atoms with E-state index in [2.05, 4.69) is 38.4 Å². The van der Waals surface area contributed by atoms with E-state index in [1.165, 1.54) is 0 Å². The third kappa shape index (κ3) is 3.39. The zero-order valence-corrected chi connectivity index (χ0v) is 14.3. The Morgan fingerprint density at radius 1 is 1.43 bits per heavy atom. The van der Waals surface area contributed by atoms with E-state index in [1.807, 2.05) is 19.1 Å². The Morgan fingerprint density at radius 2 is 2.19 bits per heavy atom. The van der Waals surface area contributed by atoms with E-state index >= 15 is 0 Å². The van der Waals surface area contributed by atoms with E-state index in [-0.39, 0.29) is 11.9 Å². The summed E-state index contributed by atoms with van der Waals surface area (Å²) in [4.78, 5) is 14.1. The summed E-state index contributed by atoms with van der Waals surface area (Å²) in [6.07, 6.45) is 0. The lowest BCUT2D eigenvalue weighted by Gasteiger charge is -2.25. The summed E-state index contributed by atoms with van der Waals surface area (Å²) in [5.41, 5.74) is 2.94. The zero-order valence-electron chi connectivity index (χ0n) is 12.7. The van der Waals surface area contributed by atoms with Crippen LogP contribution in [0.5, 0.6) is 0 Å². The fraction of sp³-hybridized carbons (Fsp3) is 0.533. The van der Waals surface area contributed by atoms with Crippen LogP contribution in [-0.2, 0) is 9.53 Å². The van der Waals surface area contributed by atoms with E-state index in [9.17, 15) is 4.79 Å². The number of ether oxygens (including phenoxy) is 1. The van der Waals surface area contributed by atoms with Gasteiger partial charge in [0.05, 0.1) is 12.3 Å². The van der Waals surface area contributed by atoms with Crippen molar-refractivity contribution in [3.8, 4) is 0 Å². The molecule has 1 aliphatic rings. The minimum atomic E-state index is -0.274. The van der Waals surface area contributed by atoms with Crippen molar-refractivity contribution in [2.24, 2.45) is 0 Å². The molecule has 0 radical (unpaired) electrons. The monoisotopic (exact) mass is 355 g/mol. The molecule has 1 atom stereocenters. The Hall–Kier alpha value is -1.11. The van der Waals surface area contributed by atoms with Crippen LogP contribution in [0.3, 0.4) is 0 Å². The van der Waals surface area contributed by atoms with Gasteiger partial charge in [-0.1, -0.05) is 0 Å². The van der Waals surface area contributed by atoms with Crippen LogP contribution in [0.4, 0.5) is 11.4 Å². The molecule has 2 N–H and O–H groups in total. The molecule has 21 heavy (non-hydrogen) atoms. The maximum absolute atomic E-state index is 11.9. The molecular weight excluding hydrogens is 334 g/mol. The molecule has 1 heterocycles. The minimum absolute atomic E-state index is 0.00563. The van der Waals surface area contributed by atoms with Crippen LogP contribution >= 0.6 is 15.9 Å². The third-order valence-corrected chi connectivity index (χ3v) is 4.31. The van der Waals surface area contributed by atoms with Gasteiger partial charge in [-0.3, -0.25) is 4.79 Å². The van der Waals surface area contributed by atoms with Gasteiger partial charge >= 0.3 is 0 Å². The van der Waals surface area contributed by atoms with Gasteiger partial charge in [0.1, 0.15) is 6.04 Å². The Kier molecular flexibility index (Phi) is 5.61. The molecule has 0 bridgehead atoms. The van der Waals surface area contributed by atoms with Gasteiger partial charge in [0.25, 0.3) is 0 Å². The summed E-state index contributed by atoms with van der Waals surface area (Å²) >= 11 is 3.63. The average Bonchev–Trinajstić information content (AvgIpc) is 2.77. The molecule has 0 aliphatic carbocycles. The quantitative estimate of drug-likeness (QED) is 0.738. The van der Waals surface area contributed by atoms with Crippen LogP contribution in [0.25, 0.3) is 0 Å². The molecular formula is C15H22BrN3O2. The fourth-order valence-corrected chi connectivity index (χ4v) is 3.18. The first-order valence-electron chi connectivity index (χ1n) is 7.26. The van der Waals surface area contributed by atoms with Crippen LogP contribution in [0.2, 0.25) is 0 Å². The summed E-state index contributed by atoms with van der Waals surface area (Å²) in [5.74, 6) is -0.00563. The number of hydrogen-bond donors (Lipinski definition) is 2. The highest BCUT2D eigenvalue weighted by atomic mass is 79.9. The van der Waals surface area contributed by atoms with E-state index in [0.29, 0.717) is 6.61 Å². The first-order valence-corrected chi connectivity index (χ1v) is 8.05. The van der Waals surface area contributed by atoms with Crippen molar-refractivity contribution in [2.75, 3.05) is 43.6 Å². The normalized spacial score (nSPS) is 16.8. The number of carbonyl (C=O) groups is 1. The molecule has 116 valence electrons. The lowest BCUT2D eigenvalue weighted by atomic mass is 10.1. The molecule has 0 spiro atoms. The number of hydrogen-bond acceptors (Lipinski definition) is 4. The van der Waals surface area contributed by atoms with Crippen LogP contribution in [0.15, 0.2) is 16.6 Å². The molecule has 1 aromatic carbocycles. The number of halogens is 1. The maximum atomic E-state index is 11.9. The number of likely N-dealkylation sites (N-methyl/N-ethyl adjacent to an activating group) is 2. The summed E-state index contributed by atoms with van der Waals surface area (Å²) in [5, 5.41) is 5.97. The Morgan fingerprint density at radius 3 is 2.81 bits per heavy atom. The Balaban J connectivity index is 2.26. The molecule has 1 amide bonds. The SMILES string of the molecule is CCOCCN(CC)c1cc2c(cc1Br)C(NC)C(=O)N2. The summed E-state index contributed by atoms with van der Waals surface area (Å²) in [6.45, 7) is 7.23. The second-order valence-electron chi connectivity index (χ2n) is 4.88. The zero-order chi connectivity index (χ0) is 15.4. The van der Waals surface area contributed by atoms with Crippen LogP contribution < -0.4 is 15.5 Å². The van der Waals surface area contributed by atoms with Crippen LogP contribution in [-0.4, -0.2) is 39.3 Å². The Labute approximate surface area is 134 Å². The number of amides is 1. The van der Waals surface area contributed by atoms with E-state index < -0.39 is 0 Å². The topological polar surface area (TPSA) is 53.6 Å². The lowest BCUT2D eigenvalue weighted by Crippen LogP contribution is -2.27. The highest BCUT2D eigenvalue weighted by Crippen LogP contribution is 2.38. The van der Waals surface area contributed by atoms with Crippen molar-refractivity contribution in [2.45, 2.75) is 19.9 Å². The lowest BCUT2D eigenvalue weighted by molar-refractivity contribution is -0.117. The van der Waals surface area contributed by atoms with Gasteiger partial charge in [-0.15, -0.1) is 0 Å². The Bertz CT molecular complexity index is 522. The first kappa shape index (κ1) is 16.3. The van der Waals surface area contributed by atoms with Gasteiger partial charge in [-0.25, -0.2) is 0 Å².